The van der Waals surface area contributed by atoms with E-state index in [1.165, 1.54) is 7.11 Å². The molecule has 0 saturated carbocycles. The molecule has 0 spiro atoms. The largest absolute Gasteiger partial charge is 0.349 e. The van der Waals surface area contributed by atoms with Crippen molar-refractivity contribution >= 4 is 5.82 Å². The van der Waals surface area contributed by atoms with Crippen molar-refractivity contribution in [1.82, 2.24) is 9.55 Å². The van der Waals surface area contributed by atoms with Crippen LogP contribution in [0.2, 0.25) is 0 Å². The molecule has 1 aromatic rings. The third-order valence-electron chi connectivity index (χ3n) is 2.29. The van der Waals surface area contributed by atoms with Crippen molar-refractivity contribution < 1.29 is 4.84 Å². The zero-order valence-corrected chi connectivity index (χ0v) is 10.4. The second kappa shape index (κ2) is 5.12. The highest BCUT2D eigenvalue weighted by molar-refractivity contribution is 5.35. The van der Waals surface area contributed by atoms with E-state index in [9.17, 15) is 4.79 Å². The minimum absolute atomic E-state index is 0.0406. The number of nitrogens with one attached hydrogen (secondary N) is 1. The molecule has 0 amide bonds. The lowest BCUT2D eigenvalue weighted by molar-refractivity contribution is 0.264. The Bertz CT molecular complexity index is 410. The number of nitrogens with zero attached hydrogens (tertiary/aromatic N) is 2. The van der Waals surface area contributed by atoms with E-state index in [2.05, 4.69) is 10.5 Å². The van der Waals surface area contributed by atoms with Gasteiger partial charge in [0.05, 0.1) is 12.8 Å². The van der Waals surface area contributed by atoms with Crippen LogP contribution in [0.4, 0.5) is 5.82 Å². The van der Waals surface area contributed by atoms with Gasteiger partial charge >= 0.3 is 5.69 Å². The SMILES string of the molecule is CONc1cc(C(C)C)nc(=O)n1C(C)C. The van der Waals surface area contributed by atoms with Crippen LogP contribution in [0.15, 0.2) is 10.9 Å². The van der Waals surface area contributed by atoms with Crippen molar-refractivity contribution in [2.75, 3.05) is 12.6 Å². The Hall–Kier alpha value is -1.36. The highest BCUT2D eigenvalue weighted by atomic mass is 16.6. The summed E-state index contributed by atoms with van der Waals surface area (Å²) >= 11 is 0. The molecule has 0 aliphatic rings. The Balaban J connectivity index is 3.33. The molecule has 0 aromatic carbocycles. The average Bonchev–Trinajstić information content (AvgIpc) is 2.16. The van der Waals surface area contributed by atoms with Crippen molar-refractivity contribution in [3.8, 4) is 0 Å². The molecule has 0 bridgehead atoms. The third-order valence-corrected chi connectivity index (χ3v) is 2.29. The van der Waals surface area contributed by atoms with Gasteiger partial charge in [0.1, 0.15) is 5.82 Å². The first-order valence-electron chi connectivity index (χ1n) is 5.39. The topological polar surface area (TPSA) is 56.1 Å². The van der Waals surface area contributed by atoms with Crippen LogP contribution in [-0.2, 0) is 4.84 Å². The molecule has 16 heavy (non-hydrogen) atoms. The zero-order chi connectivity index (χ0) is 12.3. The van der Waals surface area contributed by atoms with E-state index >= 15 is 0 Å². The highest BCUT2D eigenvalue weighted by Gasteiger charge is 2.12. The first kappa shape index (κ1) is 12.7. The molecular weight excluding hydrogens is 206 g/mol. The predicted octanol–water partition coefficient (Wildman–Crippen LogP) is 1.92. The summed E-state index contributed by atoms with van der Waals surface area (Å²) in [6.07, 6.45) is 0. The van der Waals surface area contributed by atoms with E-state index in [0.29, 0.717) is 5.82 Å². The number of hydrogen-bond donors (Lipinski definition) is 1. The van der Waals surface area contributed by atoms with Gasteiger partial charge in [-0.15, -0.1) is 0 Å². The maximum atomic E-state index is 11.8. The van der Waals surface area contributed by atoms with Crippen LogP contribution in [0.1, 0.15) is 45.3 Å². The lowest BCUT2D eigenvalue weighted by atomic mass is 10.1. The van der Waals surface area contributed by atoms with Gasteiger partial charge in [-0.3, -0.25) is 14.9 Å². The molecule has 1 heterocycles. The highest BCUT2D eigenvalue weighted by Crippen LogP contribution is 2.17. The number of aromatic nitrogens is 2. The van der Waals surface area contributed by atoms with Crippen LogP contribution < -0.4 is 11.2 Å². The van der Waals surface area contributed by atoms with Crippen LogP contribution in [0, 0.1) is 0 Å². The lowest BCUT2D eigenvalue weighted by Gasteiger charge is -2.17. The van der Waals surface area contributed by atoms with Crippen LogP contribution in [-0.4, -0.2) is 16.7 Å². The normalized spacial score (nSPS) is 11.2. The van der Waals surface area contributed by atoms with E-state index in [0.717, 1.165) is 5.69 Å². The van der Waals surface area contributed by atoms with Crippen molar-refractivity contribution in [3.05, 3.63) is 22.2 Å². The standard InChI is InChI=1S/C11H19N3O2/c1-7(2)9-6-10(13-16-5)14(8(3)4)11(15)12-9/h6-8,13H,1-5H3. The first-order chi connectivity index (χ1) is 7.47. The summed E-state index contributed by atoms with van der Waals surface area (Å²) in [6.45, 7) is 7.86. The Morgan fingerprint density at radius 2 is 2.00 bits per heavy atom. The fourth-order valence-electron chi connectivity index (χ4n) is 1.49. The quantitative estimate of drug-likeness (QED) is 0.795. The van der Waals surface area contributed by atoms with Crippen molar-refractivity contribution in [2.45, 2.75) is 39.7 Å². The van der Waals surface area contributed by atoms with Gasteiger partial charge in [-0.05, 0) is 19.8 Å². The van der Waals surface area contributed by atoms with Gasteiger partial charge in [0.15, 0.2) is 0 Å². The van der Waals surface area contributed by atoms with Crippen LogP contribution in [0.25, 0.3) is 0 Å². The first-order valence-corrected chi connectivity index (χ1v) is 5.39. The molecular formula is C11H19N3O2. The van der Waals surface area contributed by atoms with Crippen molar-refractivity contribution in [1.29, 1.82) is 0 Å². The Morgan fingerprint density at radius 3 is 2.44 bits per heavy atom. The number of anilines is 1. The van der Waals surface area contributed by atoms with Gasteiger partial charge in [-0.1, -0.05) is 13.8 Å². The van der Waals surface area contributed by atoms with Crippen LogP contribution in [0.3, 0.4) is 0 Å². The van der Waals surface area contributed by atoms with E-state index in [4.69, 9.17) is 4.84 Å². The summed E-state index contributed by atoms with van der Waals surface area (Å²) in [6, 6.07) is 1.88. The molecule has 1 rings (SSSR count). The van der Waals surface area contributed by atoms with E-state index in [-0.39, 0.29) is 17.6 Å². The monoisotopic (exact) mass is 225 g/mol. The molecule has 0 unspecified atom stereocenters. The summed E-state index contributed by atoms with van der Waals surface area (Å²) in [5.41, 5.74) is 3.23. The molecule has 1 aromatic heterocycles. The van der Waals surface area contributed by atoms with Gasteiger partial charge in [0.2, 0.25) is 0 Å². The molecule has 90 valence electrons. The zero-order valence-electron chi connectivity index (χ0n) is 10.4. The van der Waals surface area contributed by atoms with Crippen LogP contribution in [0.5, 0.6) is 0 Å². The molecule has 5 heteroatoms. The molecule has 0 aliphatic heterocycles. The van der Waals surface area contributed by atoms with Gasteiger partial charge in [-0.2, -0.15) is 4.98 Å². The maximum absolute atomic E-state index is 11.8. The predicted molar refractivity (Wildman–Crippen MR) is 63.6 cm³/mol. The summed E-state index contributed by atoms with van der Waals surface area (Å²) in [7, 11) is 1.52. The van der Waals surface area contributed by atoms with Crippen LogP contribution >= 0.6 is 0 Å². The molecule has 1 N–H and O–H groups in total. The van der Waals surface area contributed by atoms with Crippen molar-refractivity contribution in [3.63, 3.8) is 0 Å². The summed E-state index contributed by atoms with van der Waals surface area (Å²) < 4.78 is 1.56. The maximum Gasteiger partial charge on any atom is 0.349 e. The van der Waals surface area contributed by atoms with E-state index in [1.807, 2.05) is 33.8 Å². The van der Waals surface area contributed by atoms with Gasteiger partial charge in [0, 0.05) is 12.1 Å². The molecule has 0 saturated heterocycles. The fourth-order valence-corrected chi connectivity index (χ4v) is 1.49. The molecule has 0 atom stereocenters. The fraction of sp³-hybridized carbons (Fsp3) is 0.636. The summed E-state index contributed by atoms with van der Waals surface area (Å²) in [5.74, 6) is 0.855. The van der Waals surface area contributed by atoms with Crippen molar-refractivity contribution in [2.24, 2.45) is 0 Å². The van der Waals surface area contributed by atoms with Gasteiger partial charge < -0.3 is 0 Å². The Morgan fingerprint density at radius 1 is 1.38 bits per heavy atom. The van der Waals surface area contributed by atoms with Gasteiger partial charge in [0.25, 0.3) is 0 Å². The summed E-state index contributed by atoms with van der Waals surface area (Å²) in [4.78, 5) is 20.8. The molecule has 0 fully saturated rings. The minimum Gasteiger partial charge on any atom is -0.278 e. The van der Waals surface area contributed by atoms with E-state index in [1.54, 1.807) is 4.57 Å². The molecule has 5 nitrogen and oxygen atoms in total. The molecule has 0 aliphatic carbocycles. The second-order valence-electron chi connectivity index (χ2n) is 4.27. The smallest absolute Gasteiger partial charge is 0.278 e. The molecule has 0 radical (unpaired) electrons. The number of rotatable bonds is 4. The van der Waals surface area contributed by atoms with Gasteiger partial charge in [-0.25, -0.2) is 4.79 Å². The summed E-state index contributed by atoms with van der Waals surface area (Å²) in [5, 5.41) is 0. The number of hydrogen-bond acceptors (Lipinski definition) is 4. The second-order valence-corrected chi connectivity index (χ2v) is 4.27. The lowest BCUT2D eigenvalue weighted by Crippen LogP contribution is -2.28. The Kier molecular flexibility index (Phi) is 4.06. The average molecular weight is 225 g/mol. The minimum atomic E-state index is -0.249. The Labute approximate surface area is 95.4 Å². The third kappa shape index (κ3) is 2.61. The van der Waals surface area contributed by atoms with E-state index < -0.39 is 0 Å².